The van der Waals surface area contributed by atoms with Crippen LogP contribution >= 0.6 is 0 Å². The number of methoxy groups -OCH3 is 1. The molecule has 2 aromatic carbocycles. The quantitative estimate of drug-likeness (QED) is 0.878. The molecule has 0 aliphatic carbocycles. The van der Waals surface area contributed by atoms with Crippen molar-refractivity contribution >= 4 is 10.0 Å². The zero-order chi connectivity index (χ0) is 17.0. The lowest BCUT2D eigenvalue weighted by Gasteiger charge is -2.16. The summed E-state index contributed by atoms with van der Waals surface area (Å²) in [6.45, 7) is 5.81. The Bertz CT molecular complexity index is 767. The van der Waals surface area contributed by atoms with E-state index in [-0.39, 0.29) is 10.9 Å². The molecule has 0 fully saturated rings. The lowest BCUT2D eigenvalue weighted by atomic mass is 10.1. The zero-order valence-electron chi connectivity index (χ0n) is 14.0. The lowest BCUT2D eigenvalue weighted by molar-refractivity contribution is 0.409. The van der Waals surface area contributed by atoms with Crippen LogP contribution in [0.3, 0.4) is 0 Å². The first kappa shape index (κ1) is 17.5. The largest absolute Gasteiger partial charge is 0.496 e. The van der Waals surface area contributed by atoms with Crippen molar-refractivity contribution in [3.63, 3.8) is 0 Å². The van der Waals surface area contributed by atoms with Gasteiger partial charge in [0.15, 0.2) is 0 Å². The average Bonchev–Trinajstić information content (AvgIpc) is 2.54. The maximum absolute atomic E-state index is 12.6. The summed E-state index contributed by atoms with van der Waals surface area (Å²) in [5.74, 6) is 0.707. The summed E-state index contributed by atoms with van der Waals surface area (Å²) >= 11 is 0. The van der Waals surface area contributed by atoms with E-state index in [0.29, 0.717) is 12.2 Å². The summed E-state index contributed by atoms with van der Waals surface area (Å²) in [5, 5.41) is 0. The Morgan fingerprint density at radius 2 is 1.78 bits per heavy atom. The summed E-state index contributed by atoms with van der Waals surface area (Å²) in [7, 11) is -2.00. The van der Waals surface area contributed by atoms with Crippen molar-refractivity contribution in [1.82, 2.24) is 4.72 Å². The van der Waals surface area contributed by atoms with Gasteiger partial charge in [-0.05, 0) is 49.6 Å². The number of hydrogen-bond donors (Lipinski definition) is 1. The van der Waals surface area contributed by atoms with Gasteiger partial charge in [-0.2, -0.15) is 0 Å². The molecule has 0 aromatic heterocycles. The molecule has 23 heavy (non-hydrogen) atoms. The van der Waals surface area contributed by atoms with E-state index in [0.717, 1.165) is 16.7 Å². The van der Waals surface area contributed by atoms with Gasteiger partial charge in [-0.15, -0.1) is 0 Å². The standard InChI is InChI=1S/C18H23NO3S/c1-5-15-12-17(10-11-18(15)22-4)23(20,21)19-14(3)16-8-6-13(2)7-9-16/h6-12,14,19H,5H2,1-4H3. The van der Waals surface area contributed by atoms with Gasteiger partial charge in [0, 0.05) is 6.04 Å². The molecule has 0 saturated heterocycles. The predicted octanol–water partition coefficient (Wildman–Crippen LogP) is 3.61. The first-order valence-electron chi connectivity index (χ1n) is 7.63. The fourth-order valence-corrected chi connectivity index (χ4v) is 3.70. The molecule has 0 saturated carbocycles. The van der Waals surface area contributed by atoms with Crippen molar-refractivity contribution in [2.24, 2.45) is 0 Å². The van der Waals surface area contributed by atoms with Crippen molar-refractivity contribution in [1.29, 1.82) is 0 Å². The molecule has 1 unspecified atom stereocenters. The minimum absolute atomic E-state index is 0.258. The van der Waals surface area contributed by atoms with Crippen LogP contribution in [0.1, 0.15) is 36.6 Å². The highest BCUT2D eigenvalue weighted by Crippen LogP contribution is 2.24. The summed E-state index contributed by atoms with van der Waals surface area (Å²) < 4.78 is 33.2. The van der Waals surface area contributed by atoms with E-state index < -0.39 is 10.0 Å². The van der Waals surface area contributed by atoms with E-state index in [2.05, 4.69) is 4.72 Å². The number of sulfonamides is 1. The molecule has 2 rings (SSSR count). The van der Waals surface area contributed by atoms with E-state index in [1.54, 1.807) is 25.3 Å². The van der Waals surface area contributed by atoms with Crippen molar-refractivity contribution in [2.45, 2.75) is 38.1 Å². The van der Waals surface area contributed by atoms with Crippen molar-refractivity contribution in [3.05, 3.63) is 59.2 Å². The van der Waals surface area contributed by atoms with Crippen LogP contribution in [-0.4, -0.2) is 15.5 Å². The molecule has 0 bridgehead atoms. The highest BCUT2D eigenvalue weighted by Gasteiger charge is 2.19. The number of ether oxygens (including phenoxy) is 1. The van der Waals surface area contributed by atoms with E-state index in [1.165, 1.54) is 0 Å². The third kappa shape index (κ3) is 4.12. The Morgan fingerprint density at radius 3 is 2.35 bits per heavy atom. The molecule has 2 aromatic rings. The first-order chi connectivity index (χ1) is 10.9. The highest BCUT2D eigenvalue weighted by molar-refractivity contribution is 7.89. The zero-order valence-corrected chi connectivity index (χ0v) is 14.8. The van der Waals surface area contributed by atoms with Gasteiger partial charge in [0.2, 0.25) is 10.0 Å². The summed E-state index contributed by atoms with van der Waals surface area (Å²) in [4.78, 5) is 0.258. The average molecular weight is 333 g/mol. The second kappa shape index (κ2) is 7.15. The Morgan fingerprint density at radius 1 is 1.13 bits per heavy atom. The second-order valence-corrected chi connectivity index (χ2v) is 7.29. The molecule has 0 aliphatic rings. The van der Waals surface area contributed by atoms with Gasteiger partial charge in [0.25, 0.3) is 0 Å². The SMILES string of the molecule is CCc1cc(S(=O)(=O)NC(C)c2ccc(C)cc2)ccc1OC. The molecule has 0 radical (unpaired) electrons. The topological polar surface area (TPSA) is 55.4 Å². The van der Waals surface area contributed by atoms with E-state index in [4.69, 9.17) is 4.74 Å². The molecule has 0 spiro atoms. The van der Waals surface area contributed by atoms with Gasteiger partial charge >= 0.3 is 0 Å². The van der Waals surface area contributed by atoms with Gasteiger partial charge in [0.1, 0.15) is 5.75 Å². The van der Waals surface area contributed by atoms with Crippen LogP contribution < -0.4 is 9.46 Å². The summed E-state index contributed by atoms with van der Waals surface area (Å²) in [6, 6.07) is 12.5. The molecular formula is C18H23NO3S. The summed E-state index contributed by atoms with van der Waals surface area (Å²) in [5.41, 5.74) is 2.95. The number of aryl methyl sites for hydroxylation is 2. The molecular weight excluding hydrogens is 310 g/mol. The second-order valence-electron chi connectivity index (χ2n) is 5.58. The molecule has 1 N–H and O–H groups in total. The number of nitrogens with one attached hydrogen (secondary N) is 1. The molecule has 0 aliphatic heterocycles. The Kier molecular flexibility index (Phi) is 5.44. The van der Waals surface area contributed by atoms with Gasteiger partial charge in [0.05, 0.1) is 12.0 Å². The van der Waals surface area contributed by atoms with E-state index in [1.807, 2.05) is 45.0 Å². The highest BCUT2D eigenvalue weighted by atomic mass is 32.2. The van der Waals surface area contributed by atoms with Crippen LogP contribution in [0, 0.1) is 6.92 Å². The van der Waals surface area contributed by atoms with E-state index >= 15 is 0 Å². The van der Waals surface area contributed by atoms with Gasteiger partial charge in [-0.25, -0.2) is 13.1 Å². The van der Waals surface area contributed by atoms with Crippen LogP contribution in [0.4, 0.5) is 0 Å². The van der Waals surface area contributed by atoms with Crippen LogP contribution in [-0.2, 0) is 16.4 Å². The van der Waals surface area contributed by atoms with Crippen LogP contribution in [0.5, 0.6) is 5.75 Å². The molecule has 0 amide bonds. The van der Waals surface area contributed by atoms with Crippen LogP contribution in [0.25, 0.3) is 0 Å². The molecule has 5 heteroatoms. The van der Waals surface area contributed by atoms with Crippen LogP contribution in [0.2, 0.25) is 0 Å². The molecule has 4 nitrogen and oxygen atoms in total. The van der Waals surface area contributed by atoms with E-state index in [9.17, 15) is 8.42 Å². The Hall–Kier alpha value is -1.85. The Labute approximate surface area is 138 Å². The maximum atomic E-state index is 12.6. The number of hydrogen-bond acceptors (Lipinski definition) is 3. The minimum Gasteiger partial charge on any atom is -0.496 e. The summed E-state index contributed by atoms with van der Waals surface area (Å²) in [6.07, 6.45) is 0.708. The smallest absolute Gasteiger partial charge is 0.241 e. The maximum Gasteiger partial charge on any atom is 0.241 e. The van der Waals surface area contributed by atoms with Gasteiger partial charge < -0.3 is 4.74 Å². The number of rotatable bonds is 6. The van der Waals surface area contributed by atoms with Crippen molar-refractivity contribution in [3.8, 4) is 5.75 Å². The normalized spacial score (nSPS) is 12.9. The predicted molar refractivity (Wildman–Crippen MR) is 92.3 cm³/mol. The third-order valence-corrected chi connectivity index (χ3v) is 5.39. The molecule has 124 valence electrons. The van der Waals surface area contributed by atoms with Crippen molar-refractivity contribution < 1.29 is 13.2 Å². The first-order valence-corrected chi connectivity index (χ1v) is 9.11. The fourth-order valence-electron chi connectivity index (χ4n) is 2.42. The Balaban J connectivity index is 2.26. The fraction of sp³-hybridized carbons (Fsp3) is 0.333. The minimum atomic E-state index is -3.58. The number of benzene rings is 2. The van der Waals surface area contributed by atoms with Gasteiger partial charge in [-0.3, -0.25) is 0 Å². The molecule has 0 heterocycles. The third-order valence-electron chi connectivity index (χ3n) is 3.85. The van der Waals surface area contributed by atoms with Gasteiger partial charge in [-0.1, -0.05) is 36.8 Å². The molecule has 1 atom stereocenters. The van der Waals surface area contributed by atoms with Crippen LogP contribution in [0.15, 0.2) is 47.4 Å². The van der Waals surface area contributed by atoms with Crippen molar-refractivity contribution in [2.75, 3.05) is 7.11 Å². The monoisotopic (exact) mass is 333 g/mol. The lowest BCUT2D eigenvalue weighted by Crippen LogP contribution is -2.27.